The molecule has 3 heteroatoms. The van der Waals surface area contributed by atoms with Gasteiger partial charge in [-0.1, -0.05) is 152 Å². The molecule has 0 saturated heterocycles. The van der Waals surface area contributed by atoms with Gasteiger partial charge in [0.1, 0.15) is 16.7 Å². The van der Waals surface area contributed by atoms with E-state index in [2.05, 4.69) is 187 Å². The van der Waals surface area contributed by atoms with Gasteiger partial charge < -0.3 is 13.7 Å². The van der Waals surface area contributed by atoms with Gasteiger partial charge in [-0.3, -0.25) is 0 Å². The van der Waals surface area contributed by atoms with E-state index in [1.54, 1.807) is 0 Å². The number of anilines is 3. The van der Waals surface area contributed by atoms with Crippen molar-refractivity contribution in [2.45, 2.75) is 0 Å². The highest BCUT2D eigenvalue weighted by atomic mass is 16.3. The molecule has 0 aliphatic heterocycles. The van der Waals surface area contributed by atoms with Crippen LogP contribution in [0.3, 0.4) is 0 Å². The first-order valence-corrected chi connectivity index (χ1v) is 18.7. The molecule has 0 radical (unpaired) electrons. The Balaban J connectivity index is 1.13. The van der Waals surface area contributed by atoms with Gasteiger partial charge in [-0.2, -0.15) is 0 Å². The van der Waals surface area contributed by atoms with Crippen molar-refractivity contribution in [2.75, 3.05) is 4.90 Å². The van der Waals surface area contributed by atoms with E-state index in [0.29, 0.717) is 0 Å². The molecule has 2 aromatic heterocycles. The molecule has 3 nitrogen and oxygen atoms in total. The lowest BCUT2D eigenvalue weighted by atomic mass is 9.96. The monoisotopic (exact) mass is 703 g/mol. The third-order valence-electron chi connectivity index (χ3n) is 10.9. The molecule has 0 saturated carbocycles. The number of benzene rings is 9. The molecule has 2 heterocycles. The first-order valence-electron chi connectivity index (χ1n) is 18.7. The van der Waals surface area contributed by atoms with E-state index in [4.69, 9.17) is 8.83 Å². The van der Waals surface area contributed by atoms with E-state index in [-0.39, 0.29) is 0 Å². The third-order valence-corrected chi connectivity index (χ3v) is 10.9. The molecule has 55 heavy (non-hydrogen) atoms. The van der Waals surface area contributed by atoms with E-state index in [9.17, 15) is 0 Å². The van der Waals surface area contributed by atoms with Crippen LogP contribution in [0.25, 0.3) is 88.0 Å². The predicted molar refractivity (Wildman–Crippen MR) is 229 cm³/mol. The maximum Gasteiger partial charge on any atom is 0.160 e. The number of nitrogens with zero attached hydrogens (tertiary/aromatic N) is 1. The SMILES string of the molecule is c1ccc(-c2ccc3c(oc4ccccc43)c2N(c2ccc(-c3cccc4ccccc34)cc2)c2ccc(-c3cccc4oc5ccccc5c34)cc2)cc1. The Morgan fingerprint density at radius 1 is 0.309 bits per heavy atom. The maximum atomic E-state index is 6.83. The number of furan rings is 2. The molecule has 9 aromatic carbocycles. The Morgan fingerprint density at radius 2 is 0.855 bits per heavy atom. The van der Waals surface area contributed by atoms with Crippen molar-refractivity contribution in [1.82, 2.24) is 0 Å². The molecule has 0 aliphatic rings. The second kappa shape index (κ2) is 12.6. The molecular weight excluding hydrogens is 671 g/mol. The average Bonchev–Trinajstić information content (AvgIpc) is 3.83. The highest BCUT2D eigenvalue weighted by Crippen LogP contribution is 2.48. The smallest absolute Gasteiger partial charge is 0.160 e. The quantitative estimate of drug-likeness (QED) is 0.173. The lowest BCUT2D eigenvalue weighted by Gasteiger charge is -2.28. The van der Waals surface area contributed by atoms with E-state index < -0.39 is 0 Å². The van der Waals surface area contributed by atoms with Crippen LogP contribution in [0.15, 0.2) is 209 Å². The Bertz CT molecular complexity index is 3180. The number of hydrogen-bond donors (Lipinski definition) is 0. The summed E-state index contributed by atoms with van der Waals surface area (Å²) in [6.07, 6.45) is 0. The van der Waals surface area contributed by atoms with E-state index in [1.807, 2.05) is 18.2 Å². The summed E-state index contributed by atoms with van der Waals surface area (Å²) in [4.78, 5) is 2.36. The Kier molecular flexibility index (Phi) is 7.17. The van der Waals surface area contributed by atoms with Crippen molar-refractivity contribution in [3.05, 3.63) is 200 Å². The summed E-state index contributed by atoms with van der Waals surface area (Å²) in [7, 11) is 0. The molecule has 0 N–H and O–H groups in total. The molecule has 0 aliphatic carbocycles. The highest BCUT2D eigenvalue weighted by Gasteiger charge is 2.24. The zero-order chi connectivity index (χ0) is 36.3. The molecule has 258 valence electrons. The van der Waals surface area contributed by atoms with Gasteiger partial charge >= 0.3 is 0 Å². The number of rotatable bonds is 6. The van der Waals surface area contributed by atoms with Crippen molar-refractivity contribution >= 4 is 71.7 Å². The molecule has 0 amide bonds. The van der Waals surface area contributed by atoms with Crippen molar-refractivity contribution in [3.63, 3.8) is 0 Å². The lowest BCUT2D eigenvalue weighted by molar-refractivity contribution is 0.668. The van der Waals surface area contributed by atoms with E-state index in [1.165, 1.54) is 21.9 Å². The largest absolute Gasteiger partial charge is 0.456 e. The van der Waals surface area contributed by atoms with Crippen molar-refractivity contribution in [2.24, 2.45) is 0 Å². The van der Waals surface area contributed by atoms with Crippen molar-refractivity contribution < 1.29 is 8.83 Å². The van der Waals surface area contributed by atoms with Gasteiger partial charge in [0.25, 0.3) is 0 Å². The number of hydrogen-bond acceptors (Lipinski definition) is 3. The van der Waals surface area contributed by atoms with Gasteiger partial charge in [-0.25, -0.2) is 0 Å². The van der Waals surface area contributed by atoms with E-state index in [0.717, 1.165) is 83.2 Å². The molecule has 11 aromatic rings. The number of para-hydroxylation sites is 2. The lowest BCUT2D eigenvalue weighted by Crippen LogP contribution is -2.11. The van der Waals surface area contributed by atoms with Crippen LogP contribution in [0.5, 0.6) is 0 Å². The summed E-state index contributed by atoms with van der Waals surface area (Å²) in [6.45, 7) is 0. The third kappa shape index (κ3) is 5.13. The van der Waals surface area contributed by atoms with Gasteiger partial charge in [0.15, 0.2) is 5.58 Å². The van der Waals surface area contributed by atoms with Crippen molar-refractivity contribution in [1.29, 1.82) is 0 Å². The van der Waals surface area contributed by atoms with Gasteiger partial charge in [0.2, 0.25) is 0 Å². The van der Waals surface area contributed by atoms with Crippen LogP contribution < -0.4 is 4.90 Å². The molecule has 0 fully saturated rings. The Labute approximate surface area is 317 Å². The predicted octanol–water partition coefficient (Wildman–Crippen LogP) is 15.1. The van der Waals surface area contributed by atoms with Crippen molar-refractivity contribution in [3.8, 4) is 33.4 Å². The molecule has 0 atom stereocenters. The zero-order valence-corrected chi connectivity index (χ0v) is 29.8. The van der Waals surface area contributed by atoms with Crippen LogP contribution in [0.2, 0.25) is 0 Å². The molecule has 11 rings (SSSR count). The fourth-order valence-corrected chi connectivity index (χ4v) is 8.33. The fraction of sp³-hybridized carbons (Fsp3) is 0. The van der Waals surface area contributed by atoms with Crippen LogP contribution in [0, 0.1) is 0 Å². The normalized spacial score (nSPS) is 11.6. The van der Waals surface area contributed by atoms with Gasteiger partial charge in [-0.05, 0) is 87.1 Å². The summed E-state index contributed by atoms with van der Waals surface area (Å²) < 4.78 is 13.1. The minimum absolute atomic E-state index is 0.847. The average molecular weight is 704 g/mol. The van der Waals surface area contributed by atoms with Gasteiger partial charge in [-0.15, -0.1) is 0 Å². The summed E-state index contributed by atoms with van der Waals surface area (Å²) >= 11 is 0. The molecular formula is C52H33NO2. The standard InChI is InChI=1S/C52H33NO2/c1-2-12-35(13-3-1)43-32-33-45-44-17-6-8-21-47(44)55-52(45)51(43)53(38-28-24-36(25-29-38)41-19-10-15-34-14-4-5-16-40(34)41)39-30-26-37(27-31-39)42-20-11-23-49-50(42)46-18-7-9-22-48(46)54-49/h1-33H. The molecule has 0 bridgehead atoms. The Morgan fingerprint density at radius 3 is 1.62 bits per heavy atom. The van der Waals surface area contributed by atoms with Crippen LogP contribution in [0.4, 0.5) is 17.1 Å². The summed E-state index contributed by atoms with van der Waals surface area (Å²) in [5.41, 5.74) is 13.4. The van der Waals surface area contributed by atoms with E-state index >= 15 is 0 Å². The second-order valence-corrected chi connectivity index (χ2v) is 14.0. The van der Waals surface area contributed by atoms with Crippen LogP contribution >= 0.6 is 0 Å². The van der Waals surface area contributed by atoms with Gasteiger partial charge in [0.05, 0.1) is 5.69 Å². The minimum Gasteiger partial charge on any atom is -0.456 e. The van der Waals surface area contributed by atoms with Gasteiger partial charge in [0, 0.05) is 38.5 Å². The molecule has 0 unspecified atom stereocenters. The topological polar surface area (TPSA) is 29.5 Å². The first kappa shape index (κ1) is 31.2. The van der Waals surface area contributed by atoms with Crippen LogP contribution in [0.1, 0.15) is 0 Å². The summed E-state index contributed by atoms with van der Waals surface area (Å²) in [5, 5.41) is 6.90. The fourth-order valence-electron chi connectivity index (χ4n) is 8.33. The summed E-state index contributed by atoms with van der Waals surface area (Å²) in [6, 6.07) is 70.9. The first-order chi connectivity index (χ1) is 27.3. The minimum atomic E-state index is 0.847. The highest BCUT2D eigenvalue weighted by molar-refractivity contribution is 6.14. The zero-order valence-electron chi connectivity index (χ0n) is 29.8. The van der Waals surface area contributed by atoms with Crippen LogP contribution in [-0.4, -0.2) is 0 Å². The Hall–Kier alpha value is -7.36. The van der Waals surface area contributed by atoms with Crippen LogP contribution in [-0.2, 0) is 0 Å². The maximum absolute atomic E-state index is 6.83. The second-order valence-electron chi connectivity index (χ2n) is 14.0. The molecule has 0 spiro atoms. The summed E-state index contributed by atoms with van der Waals surface area (Å²) in [5.74, 6) is 0. The number of fused-ring (bicyclic) bond motifs is 7.